The number of rotatable bonds is 7. The summed E-state index contributed by atoms with van der Waals surface area (Å²) >= 11 is 6.03. The van der Waals surface area contributed by atoms with Gasteiger partial charge in [0.25, 0.3) is 0 Å². The molecule has 0 atom stereocenters. The summed E-state index contributed by atoms with van der Waals surface area (Å²) in [5, 5.41) is 3.82. The molecule has 0 aliphatic carbocycles. The Labute approximate surface area is 123 Å². The molecule has 0 amide bonds. The van der Waals surface area contributed by atoms with E-state index in [9.17, 15) is 0 Å². The number of ether oxygens (including phenoxy) is 2. The van der Waals surface area contributed by atoms with Crippen LogP contribution in [0.1, 0.15) is 5.56 Å². The van der Waals surface area contributed by atoms with Crippen LogP contribution in [-0.4, -0.2) is 25.2 Å². The minimum absolute atomic E-state index is 0.527. The average Bonchev–Trinajstić information content (AvgIpc) is 2.48. The van der Waals surface area contributed by atoms with E-state index >= 15 is 0 Å². The summed E-state index contributed by atoms with van der Waals surface area (Å²) in [6.07, 6.45) is 1.78. The van der Waals surface area contributed by atoms with Crippen LogP contribution < -0.4 is 10.1 Å². The maximum atomic E-state index is 6.03. The van der Waals surface area contributed by atoms with E-state index in [-0.39, 0.29) is 0 Å². The van der Waals surface area contributed by atoms with Crippen LogP contribution in [0.2, 0.25) is 5.02 Å². The summed E-state index contributed by atoms with van der Waals surface area (Å²) < 4.78 is 10.6. The predicted octanol–water partition coefficient (Wildman–Crippen LogP) is 3.26. The molecule has 4 nitrogen and oxygen atoms in total. The third-order valence-corrected chi connectivity index (χ3v) is 2.97. The number of hydrogen-bond donors (Lipinski definition) is 1. The molecule has 2 rings (SSSR count). The minimum Gasteiger partial charge on any atom is -0.437 e. The number of pyridine rings is 1. The van der Waals surface area contributed by atoms with Gasteiger partial charge in [-0.05, 0) is 17.7 Å². The molecule has 20 heavy (non-hydrogen) atoms. The zero-order valence-electron chi connectivity index (χ0n) is 11.3. The van der Waals surface area contributed by atoms with E-state index in [2.05, 4.69) is 10.3 Å². The first-order valence-electron chi connectivity index (χ1n) is 6.36. The van der Waals surface area contributed by atoms with Gasteiger partial charge in [-0.1, -0.05) is 29.8 Å². The van der Waals surface area contributed by atoms with Gasteiger partial charge in [0.1, 0.15) is 5.75 Å². The van der Waals surface area contributed by atoms with Crippen LogP contribution in [0.4, 0.5) is 0 Å². The standard InChI is InChI=1S/C15H17ClN2O2/c1-19-9-8-17-10-12-6-7-15(18-11-12)20-14-5-3-2-4-13(14)16/h2-7,11,17H,8-10H2,1H3. The van der Waals surface area contributed by atoms with Crippen LogP contribution in [0.5, 0.6) is 11.6 Å². The third-order valence-electron chi connectivity index (χ3n) is 2.66. The smallest absolute Gasteiger partial charge is 0.219 e. The van der Waals surface area contributed by atoms with Crippen LogP contribution in [0.25, 0.3) is 0 Å². The van der Waals surface area contributed by atoms with E-state index in [0.717, 1.165) is 18.7 Å². The molecule has 0 unspecified atom stereocenters. The second-order valence-corrected chi connectivity index (χ2v) is 4.61. The zero-order valence-corrected chi connectivity index (χ0v) is 12.1. The Kier molecular flexibility index (Phi) is 5.80. The Hall–Kier alpha value is -1.62. The van der Waals surface area contributed by atoms with Gasteiger partial charge in [-0.3, -0.25) is 0 Å². The van der Waals surface area contributed by atoms with Crippen molar-refractivity contribution < 1.29 is 9.47 Å². The van der Waals surface area contributed by atoms with Crippen LogP contribution in [-0.2, 0) is 11.3 Å². The molecule has 5 heteroatoms. The van der Waals surface area contributed by atoms with E-state index in [1.54, 1.807) is 19.4 Å². The van der Waals surface area contributed by atoms with Crippen molar-refractivity contribution >= 4 is 11.6 Å². The van der Waals surface area contributed by atoms with E-state index in [0.29, 0.717) is 23.3 Å². The van der Waals surface area contributed by atoms with E-state index < -0.39 is 0 Å². The van der Waals surface area contributed by atoms with Crippen molar-refractivity contribution in [2.75, 3.05) is 20.3 Å². The number of hydrogen-bond acceptors (Lipinski definition) is 4. The van der Waals surface area contributed by atoms with Crippen molar-refractivity contribution in [2.45, 2.75) is 6.54 Å². The fourth-order valence-corrected chi connectivity index (χ4v) is 1.80. The Morgan fingerprint density at radius 1 is 1.20 bits per heavy atom. The summed E-state index contributed by atoms with van der Waals surface area (Å²) in [4.78, 5) is 4.26. The first-order chi connectivity index (χ1) is 9.79. The first-order valence-corrected chi connectivity index (χ1v) is 6.74. The molecule has 0 radical (unpaired) electrons. The third kappa shape index (κ3) is 4.49. The summed E-state index contributed by atoms with van der Waals surface area (Å²) in [6.45, 7) is 2.26. The second kappa shape index (κ2) is 7.85. The molecule has 0 aliphatic heterocycles. The van der Waals surface area contributed by atoms with Gasteiger partial charge in [-0.25, -0.2) is 4.98 Å². The normalized spacial score (nSPS) is 10.5. The van der Waals surface area contributed by atoms with Gasteiger partial charge < -0.3 is 14.8 Å². The Balaban J connectivity index is 1.90. The van der Waals surface area contributed by atoms with Crippen LogP contribution in [0, 0.1) is 0 Å². The maximum absolute atomic E-state index is 6.03. The lowest BCUT2D eigenvalue weighted by atomic mass is 10.3. The lowest BCUT2D eigenvalue weighted by molar-refractivity contribution is 0.199. The van der Waals surface area contributed by atoms with Gasteiger partial charge in [0.05, 0.1) is 11.6 Å². The zero-order chi connectivity index (χ0) is 14.2. The molecule has 0 bridgehead atoms. The van der Waals surface area contributed by atoms with Crippen molar-refractivity contribution in [1.82, 2.24) is 10.3 Å². The Morgan fingerprint density at radius 3 is 2.75 bits per heavy atom. The summed E-state index contributed by atoms with van der Waals surface area (Å²) in [5.41, 5.74) is 1.09. The molecule has 106 valence electrons. The highest BCUT2D eigenvalue weighted by Crippen LogP contribution is 2.27. The number of nitrogens with zero attached hydrogens (tertiary/aromatic N) is 1. The fraction of sp³-hybridized carbons (Fsp3) is 0.267. The molecular formula is C15H17ClN2O2. The highest BCUT2D eigenvalue weighted by Gasteiger charge is 2.03. The molecule has 1 aromatic carbocycles. The molecule has 0 spiro atoms. The van der Waals surface area contributed by atoms with Crippen LogP contribution in [0.15, 0.2) is 42.6 Å². The van der Waals surface area contributed by atoms with Gasteiger partial charge in [0.2, 0.25) is 5.88 Å². The van der Waals surface area contributed by atoms with Crippen molar-refractivity contribution in [3.8, 4) is 11.6 Å². The second-order valence-electron chi connectivity index (χ2n) is 4.21. The van der Waals surface area contributed by atoms with Crippen molar-refractivity contribution in [1.29, 1.82) is 0 Å². The van der Waals surface area contributed by atoms with Gasteiger partial charge in [0.15, 0.2) is 0 Å². The number of para-hydroxylation sites is 1. The van der Waals surface area contributed by atoms with Crippen LogP contribution in [0.3, 0.4) is 0 Å². The van der Waals surface area contributed by atoms with Crippen molar-refractivity contribution in [2.24, 2.45) is 0 Å². The molecule has 0 aliphatic rings. The van der Waals surface area contributed by atoms with Crippen molar-refractivity contribution in [3.63, 3.8) is 0 Å². The average molecular weight is 293 g/mol. The van der Waals surface area contributed by atoms with Gasteiger partial charge >= 0.3 is 0 Å². The molecule has 1 aromatic heterocycles. The van der Waals surface area contributed by atoms with Crippen LogP contribution >= 0.6 is 11.6 Å². The number of methoxy groups -OCH3 is 1. The maximum Gasteiger partial charge on any atom is 0.219 e. The quantitative estimate of drug-likeness (QED) is 0.796. The highest BCUT2D eigenvalue weighted by molar-refractivity contribution is 6.32. The molecule has 1 N–H and O–H groups in total. The van der Waals surface area contributed by atoms with Gasteiger partial charge in [-0.15, -0.1) is 0 Å². The monoisotopic (exact) mass is 292 g/mol. The lowest BCUT2D eigenvalue weighted by Gasteiger charge is -2.07. The lowest BCUT2D eigenvalue weighted by Crippen LogP contribution is -2.18. The number of benzene rings is 1. The SMILES string of the molecule is COCCNCc1ccc(Oc2ccccc2Cl)nc1. The van der Waals surface area contributed by atoms with E-state index in [1.165, 1.54) is 0 Å². The molecule has 2 aromatic rings. The first kappa shape index (κ1) is 14.8. The largest absolute Gasteiger partial charge is 0.437 e. The summed E-state index contributed by atoms with van der Waals surface area (Å²) in [6, 6.07) is 11.1. The summed E-state index contributed by atoms with van der Waals surface area (Å²) in [7, 11) is 1.68. The van der Waals surface area contributed by atoms with E-state index in [1.807, 2.05) is 30.3 Å². The Morgan fingerprint density at radius 2 is 2.05 bits per heavy atom. The molecule has 1 heterocycles. The minimum atomic E-state index is 0.527. The number of aromatic nitrogens is 1. The number of nitrogens with one attached hydrogen (secondary N) is 1. The highest BCUT2D eigenvalue weighted by atomic mass is 35.5. The topological polar surface area (TPSA) is 43.4 Å². The van der Waals surface area contributed by atoms with E-state index in [4.69, 9.17) is 21.1 Å². The molecule has 0 saturated heterocycles. The van der Waals surface area contributed by atoms with Gasteiger partial charge in [0, 0.05) is 32.5 Å². The predicted molar refractivity (Wildman–Crippen MR) is 79.3 cm³/mol. The summed E-state index contributed by atoms with van der Waals surface area (Å²) in [5.74, 6) is 1.13. The molecule has 0 fully saturated rings. The molecule has 0 saturated carbocycles. The Bertz CT molecular complexity index is 532. The number of halogens is 1. The van der Waals surface area contributed by atoms with Crippen molar-refractivity contribution in [3.05, 3.63) is 53.2 Å². The fourth-order valence-electron chi connectivity index (χ4n) is 1.62. The van der Waals surface area contributed by atoms with Gasteiger partial charge in [-0.2, -0.15) is 0 Å². The molecular weight excluding hydrogens is 276 g/mol.